The molecule has 1 heterocycles. The summed E-state index contributed by atoms with van der Waals surface area (Å²) in [6, 6.07) is 0.773. The van der Waals surface area contributed by atoms with Crippen molar-refractivity contribution in [3.8, 4) is 0 Å². The third-order valence-electron chi connectivity index (χ3n) is 4.39. The van der Waals surface area contributed by atoms with Gasteiger partial charge in [0, 0.05) is 6.04 Å². The molecule has 1 nitrogen and oxygen atoms in total. The molecule has 4 atom stereocenters. The van der Waals surface area contributed by atoms with Crippen LogP contribution in [0, 0.1) is 17.8 Å². The lowest BCUT2D eigenvalue weighted by molar-refractivity contribution is 0.108. The minimum Gasteiger partial charge on any atom is -0.301 e. The van der Waals surface area contributed by atoms with Crippen LogP contribution in [0.1, 0.15) is 47.5 Å². The molecular formula is C13H27N. The van der Waals surface area contributed by atoms with Crippen LogP contribution in [0.5, 0.6) is 0 Å². The van der Waals surface area contributed by atoms with Crippen molar-refractivity contribution >= 4 is 0 Å². The third kappa shape index (κ3) is 2.73. The lowest BCUT2D eigenvalue weighted by Crippen LogP contribution is -2.41. The third-order valence-corrected chi connectivity index (χ3v) is 4.39. The van der Waals surface area contributed by atoms with E-state index in [9.17, 15) is 0 Å². The molecule has 1 saturated heterocycles. The highest BCUT2D eigenvalue weighted by Gasteiger charge is 2.26. The monoisotopic (exact) mass is 197 g/mol. The molecule has 0 N–H and O–H groups in total. The van der Waals surface area contributed by atoms with E-state index in [2.05, 4.69) is 39.5 Å². The van der Waals surface area contributed by atoms with Crippen LogP contribution >= 0.6 is 0 Å². The Labute approximate surface area is 89.9 Å². The smallest absolute Gasteiger partial charge is 0.00925 e. The fourth-order valence-electron chi connectivity index (χ4n) is 2.68. The summed E-state index contributed by atoms with van der Waals surface area (Å²) >= 11 is 0. The van der Waals surface area contributed by atoms with Crippen molar-refractivity contribution in [1.29, 1.82) is 0 Å². The lowest BCUT2D eigenvalue weighted by atomic mass is 9.81. The van der Waals surface area contributed by atoms with Gasteiger partial charge in [-0.15, -0.1) is 0 Å². The van der Waals surface area contributed by atoms with Crippen molar-refractivity contribution in [3.05, 3.63) is 0 Å². The maximum atomic E-state index is 2.65. The molecule has 1 heteroatoms. The van der Waals surface area contributed by atoms with Gasteiger partial charge in [-0.05, 0) is 50.6 Å². The molecule has 1 aliphatic heterocycles. The first-order valence-corrected chi connectivity index (χ1v) is 6.30. The molecule has 0 saturated carbocycles. The molecule has 0 aromatic heterocycles. The van der Waals surface area contributed by atoms with E-state index >= 15 is 0 Å². The van der Waals surface area contributed by atoms with Crippen LogP contribution in [0.2, 0.25) is 0 Å². The summed E-state index contributed by atoms with van der Waals surface area (Å²) in [5.74, 6) is 2.66. The van der Waals surface area contributed by atoms with Crippen LogP contribution in [0.4, 0.5) is 0 Å². The molecule has 0 spiro atoms. The Balaban J connectivity index is 2.63. The van der Waals surface area contributed by atoms with E-state index in [0.717, 1.165) is 23.8 Å². The summed E-state index contributed by atoms with van der Waals surface area (Å²) in [6.07, 6.45) is 2.78. The largest absolute Gasteiger partial charge is 0.301 e. The van der Waals surface area contributed by atoms with Gasteiger partial charge in [0.2, 0.25) is 0 Å². The van der Waals surface area contributed by atoms with Gasteiger partial charge in [-0.2, -0.15) is 0 Å². The normalized spacial score (nSPS) is 41.8. The van der Waals surface area contributed by atoms with Crippen molar-refractivity contribution in [3.63, 3.8) is 0 Å². The van der Waals surface area contributed by atoms with Gasteiger partial charge in [0.15, 0.2) is 0 Å². The van der Waals surface area contributed by atoms with Crippen molar-refractivity contribution in [2.45, 2.75) is 53.5 Å². The summed E-state index contributed by atoms with van der Waals surface area (Å²) in [7, 11) is 0. The van der Waals surface area contributed by atoms with Gasteiger partial charge in [0.05, 0.1) is 0 Å². The van der Waals surface area contributed by atoms with E-state index in [0.29, 0.717) is 0 Å². The number of likely N-dealkylation sites (tertiary alicyclic amines) is 1. The Kier molecular flexibility index (Phi) is 4.43. The van der Waals surface area contributed by atoms with Gasteiger partial charge >= 0.3 is 0 Å². The molecule has 1 aliphatic rings. The topological polar surface area (TPSA) is 3.24 Å². The molecule has 0 aromatic rings. The Hall–Kier alpha value is -0.0400. The summed E-state index contributed by atoms with van der Waals surface area (Å²) in [4.78, 5) is 2.65. The SMILES string of the molecule is CCN1CCC(C)C(C)CC(C)C1C. The fourth-order valence-corrected chi connectivity index (χ4v) is 2.68. The molecule has 1 fully saturated rings. The Morgan fingerprint density at radius 2 is 1.64 bits per heavy atom. The van der Waals surface area contributed by atoms with Gasteiger partial charge in [0.1, 0.15) is 0 Å². The first kappa shape index (κ1) is 12.0. The van der Waals surface area contributed by atoms with Crippen LogP contribution in [0.25, 0.3) is 0 Å². The van der Waals surface area contributed by atoms with Gasteiger partial charge < -0.3 is 4.90 Å². The summed E-state index contributed by atoms with van der Waals surface area (Å²) in [6.45, 7) is 14.5. The second-order valence-electron chi connectivity index (χ2n) is 5.33. The molecule has 14 heavy (non-hydrogen) atoms. The predicted octanol–water partition coefficient (Wildman–Crippen LogP) is 3.40. The molecule has 0 aliphatic carbocycles. The lowest BCUT2D eigenvalue weighted by Gasteiger charge is -2.38. The van der Waals surface area contributed by atoms with Gasteiger partial charge in [-0.3, -0.25) is 0 Å². The van der Waals surface area contributed by atoms with Crippen molar-refractivity contribution in [1.82, 2.24) is 4.90 Å². The predicted molar refractivity (Wildman–Crippen MR) is 63.4 cm³/mol. The van der Waals surface area contributed by atoms with Crippen LogP contribution in [0.3, 0.4) is 0 Å². The van der Waals surface area contributed by atoms with E-state index in [1.165, 1.54) is 25.9 Å². The second kappa shape index (κ2) is 5.16. The fraction of sp³-hybridized carbons (Fsp3) is 1.00. The van der Waals surface area contributed by atoms with E-state index in [-0.39, 0.29) is 0 Å². The molecular weight excluding hydrogens is 170 g/mol. The van der Waals surface area contributed by atoms with E-state index in [1.807, 2.05) is 0 Å². The quantitative estimate of drug-likeness (QED) is 0.623. The van der Waals surface area contributed by atoms with Crippen molar-refractivity contribution in [2.24, 2.45) is 17.8 Å². The van der Waals surface area contributed by atoms with Gasteiger partial charge in [-0.25, -0.2) is 0 Å². The Bertz CT molecular complexity index is 167. The molecule has 0 amide bonds. The number of rotatable bonds is 1. The molecule has 1 rings (SSSR count). The van der Waals surface area contributed by atoms with Crippen LogP contribution in [0.15, 0.2) is 0 Å². The summed E-state index contributed by atoms with van der Waals surface area (Å²) in [5, 5.41) is 0. The maximum Gasteiger partial charge on any atom is 0.00925 e. The van der Waals surface area contributed by atoms with E-state index in [4.69, 9.17) is 0 Å². The number of hydrogen-bond acceptors (Lipinski definition) is 1. The second-order valence-corrected chi connectivity index (χ2v) is 5.33. The maximum absolute atomic E-state index is 2.65. The number of nitrogens with zero attached hydrogens (tertiary/aromatic N) is 1. The zero-order valence-electron chi connectivity index (χ0n) is 10.6. The van der Waals surface area contributed by atoms with Crippen LogP contribution in [-0.4, -0.2) is 24.0 Å². The molecule has 0 radical (unpaired) electrons. The van der Waals surface area contributed by atoms with Gasteiger partial charge in [-0.1, -0.05) is 27.7 Å². The average Bonchev–Trinajstić information content (AvgIpc) is 2.16. The van der Waals surface area contributed by atoms with Crippen LogP contribution < -0.4 is 0 Å². The molecule has 0 bridgehead atoms. The molecule has 4 unspecified atom stereocenters. The zero-order chi connectivity index (χ0) is 10.7. The first-order chi connectivity index (χ1) is 6.56. The first-order valence-electron chi connectivity index (χ1n) is 6.30. The summed E-state index contributed by atoms with van der Waals surface area (Å²) in [5.41, 5.74) is 0. The minimum absolute atomic E-state index is 0.773. The zero-order valence-corrected chi connectivity index (χ0v) is 10.6. The summed E-state index contributed by atoms with van der Waals surface area (Å²) < 4.78 is 0. The Morgan fingerprint density at radius 1 is 1.00 bits per heavy atom. The standard InChI is InChI=1S/C13H27N/c1-6-14-8-7-10(2)11(3)9-12(4)13(14)5/h10-13H,6-9H2,1-5H3. The van der Waals surface area contributed by atoms with E-state index in [1.54, 1.807) is 0 Å². The highest BCUT2D eigenvalue weighted by atomic mass is 15.1. The highest BCUT2D eigenvalue weighted by molar-refractivity contribution is 4.79. The van der Waals surface area contributed by atoms with Crippen molar-refractivity contribution in [2.75, 3.05) is 13.1 Å². The van der Waals surface area contributed by atoms with Crippen LogP contribution in [-0.2, 0) is 0 Å². The molecule has 0 aromatic carbocycles. The van der Waals surface area contributed by atoms with Gasteiger partial charge in [0.25, 0.3) is 0 Å². The van der Waals surface area contributed by atoms with E-state index < -0.39 is 0 Å². The van der Waals surface area contributed by atoms with Crippen molar-refractivity contribution < 1.29 is 0 Å². The minimum atomic E-state index is 0.773. The number of hydrogen-bond donors (Lipinski definition) is 0. The highest BCUT2D eigenvalue weighted by Crippen LogP contribution is 2.29. The Morgan fingerprint density at radius 3 is 2.21 bits per heavy atom. The molecule has 84 valence electrons. The average molecular weight is 197 g/mol.